The number of nitrogens with zero attached hydrogens (tertiary/aromatic N) is 2. The summed E-state index contributed by atoms with van der Waals surface area (Å²) < 4.78 is 2.07. The largest absolute Gasteiger partial charge is 0.347 e. The summed E-state index contributed by atoms with van der Waals surface area (Å²) >= 11 is 0. The smallest absolute Gasteiger partial charge is 0.272 e. The molecule has 6 rings (SSSR count). The molecule has 5 unspecified atom stereocenters. The van der Waals surface area contributed by atoms with Crippen molar-refractivity contribution >= 4 is 5.91 Å². The van der Waals surface area contributed by atoms with Gasteiger partial charge in [-0.05, 0) is 75.3 Å². The van der Waals surface area contributed by atoms with Crippen molar-refractivity contribution < 1.29 is 4.79 Å². The number of aryl methyl sites for hydroxylation is 1. The maximum atomic E-state index is 13.0. The Kier molecular flexibility index (Phi) is 3.31. The second-order valence-corrected chi connectivity index (χ2v) is 8.26. The molecule has 1 heterocycles. The lowest BCUT2D eigenvalue weighted by Crippen LogP contribution is -2.44. The Bertz CT molecular complexity index is 821. The molecule has 0 spiro atoms. The first-order chi connectivity index (χ1) is 12.1. The predicted molar refractivity (Wildman–Crippen MR) is 96.7 cm³/mol. The number of carbonyl (C=O) groups excluding carboxylic acids is 1. The molecule has 4 heteroatoms. The Labute approximate surface area is 148 Å². The van der Waals surface area contributed by atoms with Gasteiger partial charge in [-0.25, -0.2) is 4.98 Å². The van der Waals surface area contributed by atoms with Crippen LogP contribution in [0.4, 0.5) is 0 Å². The first kappa shape index (κ1) is 15.2. The van der Waals surface area contributed by atoms with Gasteiger partial charge in [0.25, 0.3) is 5.91 Å². The van der Waals surface area contributed by atoms with E-state index in [1.165, 1.54) is 25.7 Å². The van der Waals surface area contributed by atoms with Gasteiger partial charge in [0.15, 0.2) is 0 Å². The number of aromatic nitrogens is 2. The second kappa shape index (κ2) is 5.45. The number of benzene rings is 1. The highest BCUT2D eigenvalue weighted by molar-refractivity contribution is 5.94. The Morgan fingerprint density at radius 2 is 1.84 bits per heavy atom. The van der Waals surface area contributed by atoms with Crippen molar-refractivity contribution in [1.29, 1.82) is 0 Å². The van der Waals surface area contributed by atoms with Gasteiger partial charge in [-0.1, -0.05) is 18.2 Å². The minimum atomic E-state index is 0.0104. The monoisotopic (exact) mass is 335 g/mol. The SMILES string of the molecule is Cc1nc(C(=O)NC2C3CC4CC(C3)C2C4)c(C)n1-c1ccccc1. The molecule has 130 valence electrons. The zero-order valence-electron chi connectivity index (χ0n) is 14.9. The maximum absolute atomic E-state index is 13.0. The fourth-order valence-electron chi connectivity index (χ4n) is 5.99. The summed E-state index contributed by atoms with van der Waals surface area (Å²) in [4.78, 5) is 17.6. The van der Waals surface area contributed by atoms with E-state index in [-0.39, 0.29) is 5.91 Å². The van der Waals surface area contributed by atoms with E-state index in [0.29, 0.717) is 23.6 Å². The summed E-state index contributed by atoms with van der Waals surface area (Å²) in [6.07, 6.45) is 5.36. The van der Waals surface area contributed by atoms with E-state index in [1.807, 2.05) is 32.0 Å². The number of nitrogens with one attached hydrogen (secondary N) is 1. The number of hydrogen-bond acceptors (Lipinski definition) is 2. The zero-order chi connectivity index (χ0) is 17.1. The van der Waals surface area contributed by atoms with Crippen molar-refractivity contribution in [3.63, 3.8) is 0 Å². The highest BCUT2D eigenvalue weighted by Crippen LogP contribution is 2.58. The molecule has 4 nitrogen and oxygen atoms in total. The van der Waals surface area contributed by atoms with Crippen molar-refractivity contribution in [2.75, 3.05) is 0 Å². The number of imidazole rings is 1. The van der Waals surface area contributed by atoms with Crippen molar-refractivity contribution in [1.82, 2.24) is 14.9 Å². The molecule has 4 aliphatic rings. The molecule has 4 saturated carbocycles. The van der Waals surface area contributed by atoms with Gasteiger partial charge in [-0.15, -0.1) is 0 Å². The maximum Gasteiger partial charge on any atom is 0.272 e. The first-order valence-electron chi connectivity index (χ1n) is 9.54. The average molecular weight is 335 g/mol. The molecule has 5 atom stereocenters. The molecular weight excluding hydrogens is 310 g/mol. The fourth-order valence-corrected chi connectivity index (χ4v) is 5.99. The van der Waals surface area contributed by atoms with E-state index in [1.54, 1.807) is 0 Å². The second-order valence-electron chi connectivity index (χ2n) is 8.26. The third-order valence-corrected chi connectivity index (χ3v) is 6.86. The molecule has 0 saturated heterocycles. The summed E-state index contributed by atoms with van der Waals surface area (Å²) in [6.45, 7) is 3.96. The van der Waals surface area contributed by atoms with Crippen LogP contribution in [0.3, 0.4) is 0 Å². The van der Waals surface area contributed by atoms with E-state index in [0.717, 1.165) is 29.0 Å². The van der Waals surface area contributed by atoms with Crippen LogP contribution in [0.1, 0.15) is 47.7 Å². The number of amides is 1. The van der Waals surface area contributed by atoms with Crippen molar-refractivity contribution in [2.45, 2.75) is 45.6 Å². The topological polar surface area (TPSA) is 46.9 Å². The molecule has 0 aliphatic heterocycles. The van der Waals surface area contributed by atoms with Gasteiger partial charge in [0, 0.05) is 11.7 Å². The number of carbonyl (C=O) groups is 1. The van der Waals surface area contributed by atoms with E-state index >= 15 is 0 Å². The molecule has 4 aliphatic carbocycles. The van der Waals surface area contributed by atoms with Gasteiger partial charge in [-0.2, -0.15) is 0 Å². The molecular formula is C21H25N3O. The highest BCUT2D eigenvalue weighted by Gasteiger charge is 2.54. The van der Waals surface area contributed by atoms with Crippen LogP contribution in [0.15, 0.2) is 30.3 Å². The van der Waals surface area contributed by atoms with Gasteiger partial charge in [0.05, 0.1) is 5.69 Å². The molecule has 1 amide bonds. The van der Waals surface area contributed by atoms with Gasteiger partial charge in [0.2, 0.25) is 0 Å². The molecule has 0 radical (unpaired) electrons. The highest BCUT2D eigenvalue weighted by atomic mass is 16.2. The molecule has 4 fully saturated rings. The Morgan fingerprint density at radius 3 is 2.60 bits per heavy atom. The van der Waals surface area contributed by atoms with Crippen LogP contribution in [0.5, 0.6) is 0 Å². The Hall–Kier alpha value is -2.10. The summed E-state index contributed by atoms with van der Waals surface area (Å²) in [5.41, 5.74) is 2.56. The first-order valence-corrected chi connectivity index (χ1v) is 9.54. The normalized spacial score (nSPS) is 32.3. The number of hydrogen-bond donors (Lipinski definition) is 1. The minimum Gasteiger partial charge on any atom is -0.347 e. The van der Waals surface area contributed by atoms with E-state index in [2.05, 4.69) is 27.0 Å². The van der Waals surface area contributed by atoms with Gasteiger partial charge >= 0.3 is 0 Å². The average Bonchev–Trinajstić information content (AvgIpc) is 3.15. The van der Waals surface area contributed by atoms with E-state index in [4.69, 9.17) is 0 Å². The summed E-state index contributed by atoms with van der Waals surface area (Å²) in [6, 6.07) is 10.5. The van der Waals surface area contributed by atoms with Crippen molar-refractivity contribution in [2.24, 2.45) is 23.7 Å². The number of rotatable bonds is 3. The standard InChI is InChI=1S/C21H25N3O/c1-12-19(22-13(2)24(12)17-6-4-3-5-7-17)21(25)23-20-16-9-14-8-15(11-16)18(20)10-14/h3-7,14-16,18,20H,8-11H2,1-2H3,(H,23,25). The molecule has 4 bridgehead atoms. The lowest BCUT2D eigenvalue weighted by molar-refractivity contribution is 0.0889. The van der Waals surface area contributed by atoms with Crippen LogP contribution in [-0.2, 0) is 0 Å². The predicted octanol–water partition coefficient (Wildman–Crippen LogP) is 3.65. The summed E-state index contributed by atoms with van der Waals surface area (Å²) in [5.74, 6) is 4.08. The van der Waals surface area contributed by atoms with Crippen LogP contribution in [0, 0.1) is 37.5 Å². The van der Waals surface area contributed by atoms with Crippen LogP contribution in [0.2, 0.25) is 0 Å². The molecule has 1 aromatic heterocycles. The van der Waals surface area contributed by atoms with Gasteiger partial charge in [-0.3, -0.25) is 4.79 Å². The van der Waals surface area contributed by atoms with Crippen molar-refractivity contribution in [3.05, 3.63) is 47.5 Å². The van der Waals surface area contributed by atoms with Gasteiger partial charge in [0.1, 0.15) is 11.5 Å². The molecule has 1 N–H and O–H groups in total. The van der Waals surface area contributed by atoms with E-state index in [9.17, 15) is 4.79 Å². The van der Waals surface area contributed by atoms with E-state index < -0.39 is 0 Å². The van der Waals surface area contributed by atoms with Gasteiger partial charge < -0.3 is 9.88 Å². The summed E-state index contributed by atoms with van der Waals surface area (Å²) in [7, 11) is 0. The van der Waals surface area contributed by atoms with Crippen LogP contribution < -0.4 is 5.32 Å². The zero-order valence-corrected chi connectivity index (χ0v) is 14.9. The molecule has 25 heavy (non-hydrogen) atoms. The lowest BCUT2D eigenvalue weighted by atomic mass is 9.79. The third kappa shape index (κ3) is 2.26. The van der Waals surface area contributed by atoms with Crippen molar-refractivity contribution in [3.8, 4) is 5.69 Å². The Balaban J connectivity index is 1.42. The Morgan fingerprint density at radius 1 is 1.08 bits per heavy atom. The van der Waals surface area contributed by atoms with Crippen LogP contribution in [0.25, 0.3) is 5.69 Å². The third-order valence-electron chi connectivity index (χ3n) is 6.86. The quantitative estimate of drug-likeness (QED) is 0.930. The molecule has 1 aromatic carbocycles. The molecule has 2 aromatic rings. The summed E-state index contributed by atoms with van der Waals surface area (Å²) in [5, 5.41) is 3.37. The lowest BCUT2D eigenvalue weighted by Gasteiger charge is -2.32. The number of para-hydroxylation sites is 1. The van der Waals surface area contributed by atoms with Crippen LogP contribution in [-0.4, -0.2) is 21.5 Å². The minimum absolute atomic E-state index is 0.0104. The fraction of sp³-hybridized carbons (Fsp3) is 0.524. The van der Waals surface area contributed by atoms with Crippen LogP contribution >= 0.6 is 0 Å².